The zero-order valence-corrected chi connectivity index (χ0v) is 18.5. The Morgan fingerprint density at radius 1 is 0.909 bits per heavy atom. The Morgan fingerprint density at radius 2 is 1.52 bits per heavy atom. The molecule has 0 atom stereocenters. The first kappa shape index (κ1) is 23.0. The van der Waals surface area contributed by atoms with Gasteiger partial charge in [-0.25, -0.2) is 13.1 Å². The van der Waals surface area contributed by atoms with Crippen LogP contribution in [0.5, 0.6) is 0 Å². The number of aromatic nitrogens is 2. The molecular formula is C22H21F3N4O3S. The predicted octanol–water partition coefficient (Wildman–Crippen LogP) is 3.35. The Morgan fingerprint density at radius 3 is 2.03 bits per heavy atom. The van der Waals surface area contributed by atoms with E-state index in [1.165, 1.54) is 4.31 Å². The summed E-state index contributed by atoms with van der Waals surface area (Å²) in [5.41, 5.74) is 1.34. The molecule has 33 heavy (non-hydrogen) atoms. The largest absolute Gasteiger partial charge is 0.416 e. The monoisotopic (exact) mass is 478 g/mol. The van der Waals surface area contributed by atoms with Gasteiger partial charge in [-0.15, -0.1) is 0 Å². The summed E-state index contributed by atoms with van der Waals surface area (Å²) in [7, 11) is -3.95. The Balaban J connectivity index is 1.41. The highest BCUT2D eigenvalue weighted by Gasteiger charge is 2.33. The van der Waals surface area contributed by atoms with Crippen LogP contribution in [0.1, 0.15) is 21.6 Å². The van der Waals surface area contributed by atoms with Crippen LogP contribution in [0.2, 0.25) is 0 Å². The number of carbonyl (C=O) groups is 1. The average molecular weight is 478 g/mol. The number of rotatable bonds is 4. The third-order valence-electron chi connectivity index (χ3n) is 5.54. The van der Waals surface area contributed by atoms with Crippen molar-refractivity contribution in [3.05, 3.63) is 77.6 Å². The summed E-state index contributed by atoms with van der Waals surface area (Å²) in [4.78, 5) is 14.2. The lowest BCUT2D eigenvalue weighted by atomic mass is 10.1. The molecule has 0 bridgehead atoms. The van der Waals surface area contributed by atoms with Crippen molar-refractivity contribution >= 4 is 15.9 Å². The van der Waals surface area contributed by atoms with Gasteiger partial charge in [0, 0.05) is 43.6 Å². The van der Waals surface area contributed by atoms with E-state index < -0.39 is 21.8 Å². The molecule has 4 rings (SSSR count). The van der Waals surface area contributed by atoms with Gasteiger partial charge < -0.3 is 4.90 Å². The molecule has 2 heterocycles. The van der Waals surface area contributed by atoms with Crippen LogP contribution in [0.4, 0.5) is 13.2 Å². The van der Waals surface area contributed by atoms with Crippen LogP contribution >= 0.6 is 0 Å². The second-order valence-electron chi connectivity index (χ2n) is 7.65. The lowest BCUT2D eigenvalue weighted by molar-refractivity contribution is -0.137. The van der Waals surface area contributed by atoms with Crippen molar-refractivity contribution in [3.8, 4) is 5.69 Å². The SMILES string of the molecule is Cc1ccnn1-c1ccc(C(=O)N2CCN(S(=O)(=O)c3ccc(C(F)(F)F)cc3)CC2)cc1. The van der Waals surface area contributed by atoms with Crippen LogP contribution in [0, 0.1) is 6.92 Å². The van der Waals surface area contributed by atoms with Gasteiger partial charge in [0.1, 0.15) is 0 Å². The fraction of sp³-hybridized carbons (Fsp3) is 0.273. The quantitative estimate of drug-likeness (QED) is 0.577. The number of halogens is 3. The first-order valence-electron chi connectivity index (χ1n) is 10.1. The van der Waals surface area contributed by atoms with Gasteiger partial charge in [0.2, 0.25) is 10.0 Å². The number of carbonyl (C=O) groups excluding carboxylic acids is 1. The maximum absolute atomic E-state index is 12.9. The predicted molar refractivity (Wildman–Crippen MR) is 114 cm³/mol. The highest BCUT2D eigenvalue weighted by atomic mass is 32.2. The van der Waals surface area contributed by atoms with E-state index in [1.54, 1.807) is 40.0 Å². The van der Waals surface area contributed by atoms with Gasteiger partial charge in [0.15, 0.2) is 0 Å². The molecule has 1 aliphatic heterocycles. The van der Waals surface area contributed by atoms with Crippen LogP contribution in [0.15, 0.2) is 65.7 Å². The van der Waals surface area contributed by atoms with Crippen molar-refractivity contribution in [2.45, 2.75) is 18.0 Å². The Kier molecular flexibility index (Phi) is 6.02. The Labute approximate surface area is 189 Å². The number of nitrogens with zero attached hydrogens (tertiary/aromatic N) is 4. The maximum Gasteiger partial charge on any atom is 0.416 e. The minimum atomic E-state index is -4.54. The number of hydrogen-bond donors (Lipinski definition) is 0. The van der Waals surface area contributed by atoms with Crippen molar-refractivity contribution in [2.24, 2.45) is 0 Å². The summed E-state index contributed by atoms with van der Waals surface area (Å²) >= 11 is 0. The molecule has 3 aromatic rings. The molecule has 0 aliphatic carbocycles. The van der Waals surface area contributed by atoms with E-state index in [0.29, 0.717) is 5.56 Å². The number of sulfonamides is 1. The minimum Gasteiger partial charge on any atom is -0.336 e. The topological polar surface area (TPSA) is 75.5 Å². The molecule has 1 aliphatic rings. The second kappa shape index (κ2) is 8.64. The average Bonchev–Trinajstić information content (AvgIpc) is 3.24. The van der Waals surface area contributed by atoms with Crippen LogP contribution < -0.4 is 0 Å². The zero-order chi connectivity index (χ0) is 23.8. The van der Waals surface area contributed by atoms with E-state index in [4.69, 9.17) is 0 Å². The Bertz CT molecular complexity index is 1250. The normalized spacial score (nSPS) is 15.6. The highest BCUT2D eigenvalue weighted by Crippen LogP contribution is 2.30. The van der Waals surface area contributed by atoms with Gasteiger partial charge in [0.05, 0.1) is 16.1 Å². The van der Waals surface area contributed by atoms with Gasteiger partial charge in [-0.2, -0.15) is 22.6 Å². The minimum absolute atomic E-state index is 0.0552. The lowest BCUT2D eigenvalue weighted by Gasteiger charge is -2.34. The Hall–Kier alpha value is -3.18. The molecule has 0 N–H and O–H groups in total. The van der Waals surface area contributed by atoms with Gasteiger partial charge in [0.25, 0.3) is 5.91 Å². The van der Waals surface area contributed by atoms with Crippen LogP contribution in [0.3, 0.4) is 0 Å². The standard InChI is InChI=1S/C22H21F3N4O3S/c1-16-10-11-26-29(16)19-6-2-17(3-7-19)21(30)27-12-14-28(15-13-27)33(31,32)20-8-4-18(5-9-20)22(23,24)25/h2-11H,12-15H2,1H3. The van der Waals surface area contributed by atoms with Gasteiger partial charge >= 0.3 is 6.18 Å². The number of piperazine rings is 1. The molecule has 1 saturated heterocycles. The molecule has 0 radical (unpaired) electrons. The fourth-order valence-corrected chi connectivity index (χ4v) is 5.09. The van der Waals surface area contributed by atoms with Crippen LogP contribution in [-0.2, 0) is 16.2 Å². The molecule has 7 nitrogen and oxygen atoms in total. The summed E-state index contributed by atoms with van der Waals surface area (Å²) < 4.78 is 66.8. The first-order chi connectivity index (χ1) is 15.6. The molecule has 1 fully saturated rings. The molecular weight excluding hydrogens is 457 g/mol. The fourth-order valence-electron chi connectivity index (χ4n) is 3.66. The number of aryl methyl sites for hydroxylation is 1. The van der Waals surface area contributed by atoms with Crippen LogP contribution in [0.25, 0.3) is 5.69 Å². The molecule has 1 amide bonds. The van der Waals surface area contributed by atoms with E-state index >= 15 is 0 Å². The maximum atomic E-state index is 12.9. The first-order valence-corrected chi connectivity index (χ1v) is 11.6. The molecule has 2 aromatic carbocycles. The molecule has 11 heteroatoms. The molecule has 174 valence electrons. The van der Waals surface area contributed by atoms with Crippen molar-refractivity contribution in [1.82, 2.24) is 19.0 Å². The number of alkyl halides is 3. The van der Waals surface area contributed by atoms with E-state index in [2.05, 4.69) is 5.10 Å². The number of benzene rings is 2. The van der Waals surface area contributed by atoms with Crippen molar-refractivity contribution in [3.63, 3.8) is 0 Å². The van der Waals surface area contributed by atoms with Gasteiger partial charge in [-0.3, -0.25) is 4.79 Å². The van der Waals surface area contributed by atoms with Crippen molar-refractivity contribution in [1.29, 1.82) is 0 Å². The zero-order valence-electron chi connectivity index (χ0n) is 17.7. The summed E-state index contributed by atoms with van der Waals surface area (Å²) in [5, 5.41) is 4.23. The molecule has 0 spiro atoms. The van der Waals surface area contributed by atoms with E-state index in [-0.39, 0.29) is 37.0 Å². The molecule has 0 unspecified atom stereocenters. The molecule has 0 saturated carbocycles. The summed E-state index contributed by atoms with van der Waals surface area (Å²) in [6.07, 6.45) is -2.85. The van der Waals surface area contributed by atoms with Crippen LogP contribution in [-0.4, -0.2) is 59.5 Å². The third kappa shape index (κ3) is 4.64. The van der Waals surface area contributed by atoms with E-state index in [0.717, 1.165) is 35.6 Å². The molecule has 1 aromatic heterocycles. The smallest absolute Gasteiger partial charge is 0.336 e. The van der Waals surface area contributed by atoms with Crippen molar-refractivity contribution < 1.29 is 26.4 Å². The number of hydrogen-bond acceptors (Lipinski definition) is 4. The summed E-state index contributed by atoms with van der Waals surface area (Å²) in [6, 6.07) is 12.3. The highest BCUT2D eigenvalue weighted by molar-refractivity contribution is 7.89. The van der Waals surface area contributed by atoms with Crippen molar-refractivity contribution in [2.75, 3.05) is 26.2 Å². The van der Waals surface area contributed by atoms with E-state index in [9.17, 15) is 26.4 Å². The number of amides is 1. The van der Waals surface area contributed by atoms with E-state index in [1.807, 2.05) is 13.0 Å². The second-order valence-corrected chi connectivity index (χ2v) is 9.59. The van der Waals surface area contributed by atoms with Gasteiger partial charge in [-0.1, -0.05) is 0 Å². The summed E-state index contributed by atoms with van der Waals surface area (Å²) in [5.74, 6) is -0.217. The van der Waals surface area contributed by atoms with Gasteiger partial charge in [-0.05, 0) is 61.5 Å². The third-order valence-corrected chi connectivity index (χ3v) is 7.45. The summed E-state index contributed by atoms with van der Waals surface area (Å²) in [6.45, 7) is 2.39. The lowest BCUT2D eigenvalue weighted by Crippen LogP contribution is -2.50.